The van der Waals surface area contributed by atoms with Gasteiger partial charge in [-0.1, -0.05) is 12.1 Å². The molecular formula is C21H20N4O5. The Morgan fingerprint density at radius 3 is 2.77 bits per heavy atom. The molecular weight excluding hydrogens is 388 g/mol. The molecule has 1 unspecified atom stereocenters. The maximum Gasteiger partial charge on any atom is 0.322 e. The Kier molecular flexibility index (Phi) is 3.96. The van der Waals surface area contributed by atoms with Crippen LogP contribution in [0.2, 0.25) is 0 Å². The highest BCUT2D eigenvalue weighted by molar-refractivity contribution is 6.08. The number of hydrogen-bond acceptors (Lipinski definition) is 6. The van der Waals surface area contributed by atoms with E-state index in [2.05, 4.69) is 15.6 Å². The Labute approximate surface area is 172 Å². The fourth-order valence-corrected chi connectivity index (χ4v) is 4.31. The van der Waals surface area contributed by atoms with E-state index in [9.17, 15) is 14.4 Å². The van der Waals surface area contributed by atoms with Crippen LogP contribution in [0.1, 0.15) is 27.2 Å². The van der Waals surface area contributed by atoms with Gasteiger partial charge in [-0.2, -0.15) is 0 Å². The molecule has 5 rings (SSSR count). The number of rotatable bonds is 4. The summed E-state index contributed by atoms with van der Waals surface area (Å²) in [6.07, 6.45) is -0.279. The summed E-state index contributed by atoms with van der Waals surface area (Å²) in [5.74, 6) is 0.306. The van der Waals surface area contributed by atoms with Crippen molar-refractivity contribution in [3.05, 3.63) is 52.7 Å². The summed E-state index contributed by atoms with van der Waals surface area (Å²) >= 11 is 0. The highest BCUT2D eigenvalue weighted by Crippen LogP contribution is 2.35. The van der Waals surface area contributed by atoms with Gasteiger partial charge in [0.25, 0.3) is 11.8 Å². The van der Waals surface area contributed by atoms with Crippen molar-refractivity contribution in [3.8, 4) is 11.6 Å². The molecule has 1 aromatic heterocycles. The predicted molar refractivity (Wildman–Crippen MR) is 104 cm³/mol. The number of aryl methyl sites for hydroxylation is 1. The summed E-state index contributed by atoms with van der Waals surface area (Å²) in [7, 11) is 1.54. The van der Waals surface area contributed by atoms with Crippen molar-refractivity contribution in [2.75, 3.05) is 13.7 Å². The second kappa shape index (κ2) is 6.45. The monoisotopic (exact) mass is 408 g/mol. The van der Waals surface area contributed by atoms with E-state index < -0.39 is 23.6 Å². The number of pyridine rings is 1. The number of benzene rings is 1. The molecule has 0 bridgehead atoms. The van der Waals surface area contributed by atoms with Crippen LogP contribution in [-0.4, -0.2) is 53.0 Å². The number of amides is 4. The SMILES string of the molecule is COc1ccc2c(c1)C(=O)N(C[C@@]1(C3Cc4ccc(C)nc4O3)NC(=O)NC1=O)C2. The van der Waals surface area contributed by atoms with Crippen LogP contribution in [0.5, 0.6) is 11.6 Å². The van der Waals surface area contributed by atoms with Crippen LogP contribution in [0.25, 0.3) is 0 Å². The molecule has 2 aromatic rings. The van der Waals surface area contributed by atoms with Crippen LogP contribution in [0.15, 0.2) is 30.3 Å². The number of urea groups is 1. The topological polar surface area (TPSA) is 110 Å². The van der Waals surface area contributed by atoms with Gasteiger partial charge in [0.2, 0.25) is 5.88 Å². The first-order chi connectivity index (χ1) is 14.4. The lowest BCUT2D eigenvalue weighted by Crippen LogP contribution is -2.64. The quantitative estimate of drug-likeness (QED) is 0.729. The van der Waals surface area contributed by atoms with Gasteiger partial charge < -0.3 is 19.7 Å². The van der Waals surface area contributed by atoms with Crippen molar-refractivity contribution in [1.82, 2.24) is 20.5 Å². The number of methoxy groups -OCH3 is 1. The molecule has 4 amide bonds. The molecule has 9 nitrogen and oxygen atoms in total. The summed E-state index contributed by atoms with van der Waals surface area (Å²) < 4.78 is 11.2. The fourth-order valence-electron chi connectivity index (χ4n) is 4.31. The Hall–Kier alpha value is -3.62. The van der Waals surface area contributed by atoms with E-state index in [1.54, 1.807) is 17.0 Å². The molecule has 154 valence electrons. The summed E-state index contributed by atoms with van der Waals surface area (Å²) in [6.45, 7) is 2.17. The summed E-state index contributed by atoms with van der Waals surface area (Å²) in [5.41, 5.74) is 1.62. The fraction of sp³-hybridized carbons (Fsp3) is 0.333. The molecule has 3 aliphatic heterocycles. The minimum Gasteiger partial charge on any atom is -0.497 e. The lowest BCUT2D eigenvalue weighted by atomic mass is 9.88. The van der Waals surface area contributed by atoms with E-state index in [0.717, 1.165) is 16.8 Å². The molecule has 0 aliphatic carbocycles. The molecule has 9 heteroatoms. The third kappa shape index (κ3) is 2.69. The lowest BCUT2D eigenvalue weighted by molar-refractivity contribution is -0.127. The van der Waals surface area contributed by atoms with Crippen LogP contribution >= 0.6 is 0 Å². The third-order valence-corrected chi connectivity index (χ3v) is 5.89. The number of ether oxygens (including phenoxy) is 2. The highest BCUT2D eigenvalue weighted by Gasteiger charge is 2.57. The first-order valence-electron chi connectivity index (χ1n) is 9.62. The summed E-state index contributed by atoms with van der Waals surface area (Å²) in [5, 5.41) is 5.04. The van der Waals surface area contributed by atoms with Crippen molar-refractivity contribution in [2.24, 2.45) is 0 Å². The molecule has 2 N–H and O–H groups in total. The first kappa shape index (κ1) is 18.4. The van der Waals surface area contributed by atoms with Crippen molar-refractivity contribution in [2.45, 2.75) is 31.5 Å². The highest BCUT2D eigenvalue weighted by atomic mass is 16.5. The number of nitrogens with one attached hydrogen (secondary N) is 2. The van der Waals surface area contributed by atoms with Crippen LogP contribution in [-0.2, 0) is 17.8 Å². The maximum absolute atomic E-state index is 13.0. The largest absolute Gasteiger partial charge is 0.497 e. The van der Waals surface area contributed by atoms with Gasteiger partial charge >= 0.3 is 6.03 Å². The van der Waals surface area contributed by atoms with Crippen molar-refractivity contribution in [3.63, 3.8) is 0 Å². The maximum atomic E-state index is 13.0. The normalized spacial score (nSPS) is 24.3. The van der Waals surface area contributed by atoms with Gasteiger partial charge in [0.05, 0.1) is 13.7 Å². The van der Waals surface area contributed by atoms with Crippen LogP contribution in [0, 0.1) is 6.92 Å². The summed E-state index contributed by atoms with van der Waals surface area (Å²) in [6, 6.07) is 8.49. The minimum absolute atomic E-state index is 0.0158. The Morgan fingerprint density at radius 2 is 2.03 bits per heavy atom. The molecule has 1 fully saturated rings. The third-order valence-electron chi connectivity index (χ3n) is 5.89. The van der Waals surface area contributed by atoms with E-state index in [1.165, 1.54) is 7.11 Å². The molecule has 30 heavy (non-hydrogen) atoms. The van der Waals surface area contributed by atoms with E-state index in [0.29, 0.717) is 30.2 Å². The van der Waals surface area contributed by atoms with Gasteiger partial charge in [-0.05, 0) is 30.7 Å². The van der Waals surface area contributed by atoms with Gasteiger partial charge in [0.15, 0.2) is 5.54 Å². The van der Waals surface area contributed by atoms with E-state index >= 15 is 0 Å². The van der Waals surface area contributed by atoms with Gasteiger partial charge in [-0.3, -0.25) is 14.9 Å². The number of imide groups is 1. The average molecular weight is 408 g/mol. The molecule has 4 heterocycles. The number of hydrogen-bond donors (Lipinski definition) is 2. The standard InChI is InChI=1S/C21H20N4O5/c1-11-3-4-12-7-16(30-17(12)22-11)21(19(27)23-20(28)24-21)10-25-9-13-5-6-14(29-2)8-15(13)18(25)26/h3-6,8,16H,7,9-10H2,1-2H3,(H2,23,24,27,28)/t16?,21-/m0/s1. The van der Waals surface area contributed by atoms with E-state index in [4.69, 9.17) is 9.47 Å². The van der Waals surface area contributed by atoms with Gasteiger partial charge in [-0.25, -0.2) is 9.78 Å². The van der Waals surface area contributed by atoms with Gasteiger partial charge in [-0.15, -0.1) is 0 Å². The Bertz CT molecular complexity index is 1100. The number of aromatic nitrogens is 1. The Morgan fingerprint density at radius 1 is 1.23 bits per heavy atom. The van der Waals surface area contributed by atoms with Crippen LogP contribution in [0.4, 0.5) is 4.79 Å². The van der Waals surface area contributed by atoms with Gasteiger partial charge in [0.1, 0.15) is 11.9 Å². The zero-order chi connectivity index (χ0) is 21.0. The van der Waals surface area contributed by atoms with Crippen molar-refractivity contribution < 1.29 is 23.9 Å². The van der Waals surface area contributed by atoms with Crippen molar-refractivity contribution in [1.29, 1.82) is 0 Å². The summed E-state index contributed by atoms with van der Waals surface area (Å²) in [4.78, 5) is 44.0. The Balaban J connectivity index is 1.46. The molecule has 1 saturated heterocycles. The van der Waals surface area contributed by atoms with Gasteiger partial charge in [0, 0.05) is 29.8 Å². The van der Waals surface area contributed by atoms with Crippen LogP contribution < -0.4 is 20.1 Å². The molecule has 2 atom stereocenters. The number of fused-ring (bicyclic) bond motifs is 2. The first-order valence-corrected chi connectivity index (χ1v) is 9.62. The molecule has 0 spiro atoms. The zero-order valence-corrected chi connectivity index (χ0v) is 16.5. The van der Waals surface area contributed by atoms with Crippen molar-refractivity contribution >= 4 is 17.8 Å². The zero-order valence-electron chi connectivity index (χ0n) is 16.5. The molecule has 3 aliphatic rings. The minimum atomic E-state index is -1.41. The molecule has 1 aromatic carbocycles. The van der Waals surface area contributed by atoms with Crippen LogP contribution in [0.3, 0.4) is 0 Å². The number of carbonyl (C=O) groups excluding carboxylic acids is 3. The number of nitrogens with zero attached hydrogens (tertiary/aromatic N) is 2. The van der Waals surface area contributed by atoms with E-state index in [1.807, 2.05) is 25.1 Å². The smallest absolute Gasteiger partial charge is 0.322 e. The second-order valence-electron chi connectivity index (χ2n) is 7.79. The predicted octanol–water partition coefficient (Wildman–Crippen LogP) is 0.936. The number of carbonyl (C=O) groups is 3. The molecule has 0 radical (unpaired) electrons. The van der Waals surface area contributed by atoms with E-state index in [-0.39, 0.29) is 12.5 Å². The lowest BCUT2D eigenvalue weighted by Gasteiger charge is -2.34. The average Bonchev–Trinajstić information content (AvgIpc) is 3.36. The molecule has 0 saturated carbocycles. The second-order valence-corrected chi connectivity index (χ2v) is 7.79.